The zero-order chi connectivity index (χ0) is 29.1. The van der Waals surface area contributed by atoms with Crippen molar-refractivity contribution in [3.05, 3.63) is 54.1 Å². The molecule has 2 aromatic rings. The number of benzene rings is 2. The molecule has 4 N–H and O–H groups in total. The molecule has 1 aliphatic heterocycles. The minimum Gasteiger partial charge on any atom is -0.454 e. The molecule has 0 fully saturated rings. The molecule has 0 aromatic heterocycles. The summed E-state index contributed by atoms with van der Waals surface area (Å²) < 4.78 is 13.1. The normalized spacial score (nSPS) is 15.5. The first kappa shape index (κ1) is 31.7. The molecule has 9 nitrogen and oxygen atoms in total. The number of ether oxygens (including phenoxy) is 2. The highest BCUT2D eigenvalue weighted by Crippen LogP contribution is 2.36. The number of hydrogen-bond acceptors (Lipinski definition) is 8. The van der Waals surface area contributed by atoms with Crippen molar-refractivity contribution in [2.75, 3.05) is 33.5 Å². The van der Waals surface area contributed by atoms with Gasteiger partial charge in [0.25, 0.3) is 0 Å². The topological polar surface area (TPSA) is 112 Å². The molecule has 0 spiro atoms. The molecular weight excluding hydrogens is 528 g/mol. The number of carbonyl (C=O) groups is 2. The molecule has 40 heavy (non-hydrogen) atoms. The van der Waals surface area contributed by atoms with Crippen LogP contribution in [0, 0.1) is 11.8 Å². The van der Waals surface area contributed by atoms with E-state index in [9.17, 15) is 14.7 Å². The Hall–Kier alpha value is -2.79. The number of rotatable bonds is 16. The maximum atomic E-state index is 13.5. The predicted octanol–water partition coefficient (Wildman–Crippen LogP) is 3.22. The maximum Gasteiger partial charge on any atom is 0.243 e. The van der Waals surface area contributed by atoms with Crippen LogP contribution in [0.15, 0.2) is 53.4 Å². The van der Waals surface area contributed by atoms with Crippen molar-refractivity contribution < 1.29 is 24.2 Å². The van der Waals surface area contributed by atoms with E-state index < -0.39 is 18.2 Å². The third-order valence-electron chi connectivity index (χ3n) is 6.78. The lowest BCUT2D eigenvalue weighted by molar-refractivity contribution is -0.130. The minimum absolute atomic E-state index is 0.0747. The van der Waals surface area contributed by atoms with Gasteiger partial charge in [0.15, 0.2) is 11.5 Å². The van der Waals surface area contributed by atoms with Gasteiger partial charge in [0.05, 0.1) is 18.7 Å². The van der Waals surface area contributed by atoms with Gasteiger partial charge in [-0.25, -0.2) is 4.31 Å². The van der Waals surface area contributed by atoms with Gasteiger partial charge in [-0.15, -0.1) is 0 Å². The van der Waals surface area contributed by atoms with Crippen LogP contribution < -0.4 is 25.4 Å². The molecule has 1 aliphatic rings. The summed E-state index contributed by atoms with van der Waals surface area (Å²) in [5, 5.41) is 20.3. The molecule has 220 valence electrons. The molecule has 2 amide bonds. The van der Waals surface area contributed by atoms with Gasteiger partial charge in [0, 0.05) is 18.0 Å². The second-order valence-electron chi connectivity index (χ2n) is 10.7. The Labute approximate surface area is 242 Å². The first-order valence-electron chi connectivity index (χ1n) is 14.0. The monoisotopic (exact) mass is 572 g/mol. The molecule has 0 radical (unpaired) electrons. The lowest BCUT2D eigenvalue weighted by Gasteiger charge is -2.32. The summed E-state index contributed by atoms with van der Waals surface area (Å²) in [5.41, 5.74) is 1.00. The predicted molar refractivity (Wildman–Crippen MR) is 158 cm³/mol. The Balaban J connectivity index is 1.79. The smallest absolute Gasteiger partial charge is 0.243 e. The number of fused-ring (bicyclic) bond motifs is 1. The summed E-state index contributed by atoms with van der Waals surface area (Å²) in [6.45, 7) is 9.60. The second kappa shape index (κ2) is 15.9. The Morgan fingerprint density at radius 1 is 1.02 bits per heavy atom. The Morgan fingerprint density at radius 2 is 1.75 bits per heavy atom. The molecule has 1 unspecified atom stereocenters. The summed E-state index contributed by atoms with van der Waals surface area (Å²) in [4.78, 5) is 26.9. The van der Waals surface area contributed by atoms with Gasteiger partial charge in [-0.3, -0.25) is 9.59 Å². The van der Waals surface area contributed by atoms with Gasteiger partial charge >= 0.3 is 0 Å². The van der Waals surface area contributed by atoms with Crippen LogP contribution >= 0.6 is 11.9 Å². The highest BCUT2D eigenvalue weighted by atomic mass is 32.2. The third kappa shape index (κ3) is 9.69. The quantitative estimate of drug-likeness (QED) is 0.227. The Bertz CT molecular complexity index is 1090. The van der Waals surface area contributed by atoms with E-state index in [1.807, 2.05) is 62.4 Å². The molecule has 0 aliphatic carbocycles. The van der Waals surface area contributed by atoms with Crippen molar-refractivity contribution in [2.45, 2.75) is 63.6 Å². The number of likely N-dealkylation sites (N-methyl/N-ethyl adjacent to an activating group) is 1. The van der Waals surface area contributed by atoms with Crippen LogP contribution in [-0.4, -0.2) is 72.9 Å². The zero-order valence-corrected chi connectivity index (χ0v) is 25.0. The number of carbonyl (C=O) groups excluding carboxylic acids is 2. The van der Waals surface area contributed by atoms with E-state index in [1.54, 1.807) is 19.0 Å². The lowest BCUT2D eigenvalue weighted by Crippen LogP contribution is -2.57. The average Bonchev–Trinajstić information content (AvgIpc) is 3.39. The molecular formula is C30H44N4O5S. The summed E-state index contributed by atoms with van der Waals surface area (Å²) in [5.74, 6) is 1.18. The number of aliphatic hydroxyl groups excluding tert-OH is 1. The molecule has 2 aromatic carbocycles. The average molecular weight is 573 g/mol. The van der Waals surface area contributed by atoms with Crippen molar-refractivity contribution in [3.8, 4) is 11.5 Å². The number of nitrogens with zero attached hydrogens (tertiary/aromatic N) is 1. The highest BCUT2D eigenvalue weighted by molar-refractivity contribution is 7.97. The molecule has 1 heterocycles. The van der Waals surface area contributed by atoms with Crippen molar-refractivity contribution in [1.29, 1.82) is 0 Å². The van der Waals surface area contributed by atoms with Gasteiger partial charge in [-0.05, 0) is 61.0 Å². The van der Waals surface area contributed by atoms with Gasteiger partial charge in [-0.2, -0.15) is 0 Å². The van der Waals surface area contributed by atoms with Crippen LogP contribution in [0.25, 0.3) is 0 Å². The number of hydrogen-bond donors (Lipinski definition) is 4. The molecule has 3 rings (SSSR count). The van der Waals surface area contributed by atoms with Crippen LogP contribution in [0.3, 0.4) is 0 Å². The summed E-state index contributed by atoms with van der Waals surface area (Å²) in [6, 6.07) is 14.4. The fourth-order valence-electron chi connectivity index (χ4n) is 4.49. The van der Waals surface area contributed by atoms with Gasteiger partial charge in [0.2, 0.25) is 18.6 Å². The highest BCUT2D eigenvalue weighted by Gasteiger charge is 2.31. The van der Waals surface area contributed by atoms with E-state index in [0.717, 1.165) is 29.2 Å². The van der Waals surface area contributed by atoms with Crippen molar-refractivity contribution >= 4 is 23.8 Å². The number of amides is 2. The van der Waals surface area contributed by atoms with E-state index in [-0.39, 0.29) is 31.1 Å². The molecule has 0 saturated carbocycles. The summed E-state index contributed by atoms with van der Waals surface area (Å²) in [7, 11) is 1.69. The first-order valence-corrected chi connectivity index (χ1v) is 14.8. The van der Waals surface area contributed by atoms with Crippen molar-refractivity contribution in [3.63, 3.8) is 0 Å². The SMILES string of the molecule is CCC(C)[C@H](NC(=O)CNC)C(=O)N[C@@H](Cc1ccccc1)[C@H](O)CN(CC(C)C)Sc1ccc2c(c1)OCO2. The summed E-state index contributed by atoms with van der Waals surface area (Å²) >= 11 is 1.54. The van der Waals surface area contributed by atoms with Crippen molar-refractivity contribution in [1.82, 2.24) is 20.3 Å². The zero-order valence-electron chi connectivity index (χ0n) is 24.2. The van der Waals surface area contributed by atoms with E-state index in [4.69, 9.17) is 9.47 Å². The van der Waals surface area contributed by atoms with E-state index in [0.29, 0.717) is 24.6 Å². The van der Waals surface area contributed by atoms with Gasteiger partial charge in [-0.1, -0.05) is 64.4 Å². The molecule has 10 heteroatoms. The third-order valence-corrected chi connectivity index (χ3v) is 7.80. The largest absolute Gasteiger partial charge is 0.454 e. The van der Waals surface area contributed by atoms with Crippen LogP contribution in [0.4, 0.5) is 0 Å². The standard InChI is InChI=1S/C30H44N4O5S/c1-6-21(4)29(33-28(36)16-31-5)30(37)32-24(14-22-10-8-7-9-11-22)25(35)18-34(17-20(2)3)40-23-12-13-26-27(15-23)39-19-38-26/h7-13,15,20-21,24-25,29,31,35H,6,14,16-19H2,1-5H3,(H,32,37)(H,33,36)/t21?,24-,25+,29-/m0/s1. The van der Waals surface area contributed by atoms with Crippen LogP contribution in [-0.2, 0) is 16.0 Å². The maximum absolute atomic E-state index is 13.5. The lowest BCUT2D eigenvalue weighted by atomic mass is 9.96. The first-order chi connectivity index (χ1) is 19.2. The van der Waals surface area contributed by atoms with Crippen molar-refractivity contribution in [2.24, 2.45) is 11.8 Å². The fourth-order valence-corrected chi connectivity index (χ4v) is 5.67. The Kier molecular flexibility index (Phi) is 12.6. The Morgan fingerprint density at radius 3 is 2.42 bits per heavy atom. The van der Waals surface area contributed by atoms with E-state index in [2.05, 4.69) is 34.1 Å². The number of aliphatic hydroxyl groups is 1. The molecule has 0 saturated heterocycles. The van der Waals surface area contributed by atoms with Gasteiger partial charge < -0.3 is 30.5 Å². The molecule has 4 atom stereocenters. The fraction of sp³-hybridized carbons (Fsp3) is 0.533. The summed E-state index contributed by atoms with van der Waals surface area (Å²) in [6.07, 6.45) is 0.309. The van der Waals surface area contributed by atoms with Crippen LogP contribution in [0.1, 0.15) is 39.7 Å². The second-order valence-corrected chi connectivity index (χ2v) is 11.9. The number of nitrogens with one attached hydrogen (secondary N) is 3. The van der Waals surface area contributed by atoms with Crippen LogP contribution in [0.5, 0.6) is 11.5 Å². The van der Waals surface area contributed by atoms with Crippen LogP contribution in [0.2, 0.25) is 0 Å². The van der Waals surface area contributed by atoms with Gasteiger partial charge in [0.1, 0.15) is 6.04 Å². The molecule has 0 bridgehead atoms. The van der Waals surface area contributed by atoms with E-state index in [1.165, 1.54) is 0 Å². The van der Waals surface area contributed by atoms with E-state index >= 15 is 0 Å². The minimum atomic E-state index is -0.866.